The quantitative estimate of drug-likeness (QED) is 0.431. The zero-order valence-corrected chi connectivity index (χ0v) is 14.4. The van der Waals surface area contributed by atoms with Crippen molar-refractivity contribution in [2.75, 3.05) is 11.9 Å². The van der Waals surface area contributed by atoms with Crippen molar-refractivity contribution in [3.63, 3.8) is 0 Å². The fourth-order valence-corrected chi connectivity index (χ4v) is 2.49. The number of ether oxygens (including phenoxy) is 1. The Labute approximate surface area is 152 Å². The molecule has 0 saturated heterocycles. The Morgan fingerprint density at radius 2 is 1.92 bits per heavy atom. The van der Waals surface area contributed by atoms with E-state index in [1.54, 1.807) is 17.5 Å². The average molecular weight is 377 g/mol. The molecule has 2 amide bonds. The fourth-order valence-electron chi connectivity index (χ4n) is 1.86. The van der Waals surface area contributed by atoms with Crippen molar-refractivity contribution in [3.05, 3.63) is 56.8 Å². The number of non-ortho nitro benzene ring substituents is 1. The summed E-state index contributed by atoms with van der Waals surface area (Å²) in [4.78, 5) is 45.9. The van der Waals surface area contributed by atoms with E-state index in [2.05, 4.69) is 10.6 Å². The Hall–Kier alpha value is -3.27. The molecule has 9 nitrogen and oxygen atoms in total. The van der Waals surface area contributed by atoms with E-state index in [0.29, 0.717) is 10.6 Å². The maximum atomic E-state index is 11.8. The van der Waals surface area contributed by atoms with Gasteiger partial charge in [-0.2, -0.15) is 0 Å². The lowest BCUT2D eigenvalue weighted by atomic mass is 10.3. The number of anilines is 1. The van der Waals surface area contributed by atoms with Crippen LogP contribution < -0.4 is 10.6 Å². The Morgan fingerprint density at radius 1 is 1.23 bits per heavy atom. The number of nitro groups is 1. The van der Waals surface area contributed by atoms with Crippen molar-refractivity contribution < 1.29 is 24.0 Å². The van der Waals surface area contributed by atoms with Gasteiger partial charge < -0.3 is 15.4 Å². The second-order valence-electron chi connectivity index (χ2n) is 5.13. The highest BCUT2D eigenvalue weighted by Crippen LogP contribution is 2.15. The van der Waals surface area contributed by atoms with E-state index in [4.69, 9.17) is 4.74 Å². The largest absolute Gasteiger partial charge is 0.454 e. The number of hydrogen-bond acceptors (Lipinski definition) is 7. The molecule has 1 aromatic heterocycles. The number of carbonyl (C=O) groups excluding carboxylic acids is 3. The van der Waals surface area contributed by atoms with Crippen LogP contribution in [0.4, 0.5) is 11.4 Å². The molecule has 2 aromatic rings. The van der Waals surface area contributed by atoms with Crippen LogP contribution in [0.5, 0.6) is 0 Å². The molecule has 1 atom stereocenters. The SMILES string of the molecule is CC(NC(=O)c1cccs1)C(=O)OCC(=O)Nc1ccc([N+](=O)[O-])cc1. The van der Waals surface area contributed by atoms with Crippen LogP contribution in [0.2, 0.25) is 0 Å². The van der Waals surface area contributed by atoms with E-state index in [0.717, 1.165) is 0 Å². The van der Waals surface area contributed by atoms with Gasteiger partial charge in [0.2, 0.25) is 0 Å². The van der Waals surface area contributed by atoms with Crippen LogP contribution in [0.15, 0.2) is 41.8 Å². The van der Waals surface area contributed by atoms with E-state index < -0.39 is 35.4 Å². The van der Waals surface area contributed by atoms with Crippen molar-refractivity contribution in [1.29, 1.82) is 0 Å². The predicted molar refractivity (Wildman–Crippen MR) is 93.9 cm³/mol. The molecule has 0 bridgehead atoms. The maximum absolute atomic E-state index is 11.8. The number of rotatable bonds is 7. The summed E-state index contributed by atoms with van der Waals surface area (Å²) in [6.07, 6.45) is 0. The monoisotopic (exact) mass is 377 g/mol. The minimum absolute atomic E-state index is 0.107. The van der Waals surface area contributed by atoms with E-state index in [-0.39, 0.29) is 5.69 Å². The molecule has 1 heterocycles. The Kier molecular flexibility index (Phi) is 6.39. The molecule has 0 saturated carbocycles. The van der Waals surface area contributed by atoms with Crippen LogP contribution in [0.3, 0.4) is 0 Å². The summed E-state index contributed by atoms with van der Waals surface area (Å²) in [5, 5.41) is 17.2. The topological polar surface area (TPSA) is 128 Å². The lowest BCUT2D eigenvalue weighted by Gasteiger charge is -2.12. The van der Waals surface area contributed by atoms with Crippen molar-refractivity contribution in [2.24, 2.45) is 0 Å². The van der Waals surface area contributed by atoms with Crippen molar-refractivity contribution in [1.82, 2.24) is 5.32 Å². The van der Waals surface area contributed by atoms with Crippen LogP contribution in [-0.2, 0) is 14.3 Å². The van der Waals surface area contributed by atoms with E-state index in [1.165, 1.54) is 42.5 Å². The van der Waals surface area contributed by atoms with Gasteiger partial charge in [-0.3, -0.25) is 19.7 Å². The second kappa shape index (κ2) is 8.72. The highest BCUT2D eigenvalue weighted by Gasteiger charge is 2.19. The third-order valence-corrected chi connectivity index (χ3v) is 4.02. The van der Waals surface area contributed by atoms with Crippen molar-refractivity contribution >= 4 is 40.5 Å². The Morgan fingerprint density at radius 3 is 2.50 bits per heavy atom. The molecule has 26 heavy (non-hydrogen) atoms. The summed E-state index contributed by atoms with van der Waals surface area (Å²) in [6.45, 7) is 0.900. The van der Waals surface area contributed by atoms with Crippen molar-refractivity contribution in [3.8, 4) is 0 Å². The maximum Gasteiger partial charge on any atom is 0.328 e. The second-order valence-corrected chi connectivity index (χ2v) is 6.08. The normalized spacial score (nSPS) is 11.3. The summed E-state index contributed by atoms with van der Waals surface area (Å²) in [5.74, 6) is -1.77. The third-order valence-electron chi connectivity index (χ3n) is 3.15. The number of hydrogen-bond donors (Lipinski definition) is 2. The summed E-state index contributed by atoms with van der Waals surface area (Å²) in [7, 11) is 0. The lowest BCUT2D eigenvalue weighted by molar-refractivity contribution is -0.384. The van der Waals surface area contributed by atoms with Crippen LogP contribution >= 0.6 is 11.3 Å². The van der Waals surface area contributed by atoms with Gasteiger partial charge in [0, 0.05) is 17.8 Å². The molecule has 2 N–H and O–H groups in total. The number of benzene rings is 1. The first-order valence-electron chi connectivity index (χ1n) is 7.42. The van der Waals surface area contributed by atoms with Crippen LogP contribution in [-0.4, -0.2) is 35.4 Å². The van der Waals surface area contributed by atoms with Crippen LogP contribution in [0.25, 0.3) is 0 Å². The minimum Gasteiger partial charge on any atom is -0.454 e. The fraction of sp³-hybridized carbons (Fsp3) is 0.188. The molecule has 0 fully saturated rings. The van der Waals surface area contributed by atoms with Gasteiger partial charge in [0.15, 0.2) is 6.61 Å². The number of nitrogens with zero attached hydrogens (tertiary/aromatic N) is 1. The summed E-state index contributed by atoms with van der Waals surface area (Å²) in [6, 6.07) is 7.62. The molecular weight excluding hydrogens is 362 g/mol. The zero-order chi connectivity index (χ0) is 19.1. The predicted octanol–water partition coefficient (Wildman–Crippen LogP) is 1.96. The van der Waals surface area contributed by atoms with Gasteiger partial charge in [-0.1, -0.05) is 6.07 Å². The molecule has 10 heteroatoms. The van der Waals surface area contributed by atoms with Gasteiger partial charge in [0.1, 0.15) is 6.04 Å². The van der Waals surface area contributed by atoms with Gasteiger partial charge in [0.25, 0.3) is 17.5 Å². The third kappa shape index (κ3) is 5.38. The average Bonchev–Trinajstić information content (AvgIpc) is 3.14. The molecule has 1 unspecified atom stereocenters. The van der Waals surface area contributed by atoms with E-state index >= 15 is 0 Å². The lowest BCUT2D eigenvalue weighted by Crippen LogP contribution is -2.40. The number of carbonyl (C=O) groups is 3. The molecular formula is C16H15N3O6S. The van der Waals surface area contributed by atoms with Gasteiger partial charge in [-0.25, -0.2) is 4.79 Å². The summed E-state index contributed by atoms with van der Waals surface area (Å²) < 4.78 is 4.85. The minimum atomic E-state index is -0.920. The number of nitrogens with one attached hydrogen (secondary N) is 2. The van der Waals surface area contributed by atoms with Crippen LogP contribution in [0, 0.1) is 10.1 Å². The standard InChI is InChI=1S/C16H15N3O6S/c1-10(17-15(21)13-3-2-8-26-13)16(22)25-9-14(20)18-11-4-6-12(7-5-11)19(23)24/h2-8,10H,9H2,1H3,(H,17,21)(H,18,20). The van der Waals surface area contributed by atoms with Crippen LogP contribution in [0.1, 0.15) is 16.6 Å². The Balaban J connectivity index is 1.77. The highest BCUT2D eigenvalue weighted by molar-refractivity contribution is 7.12. The number of esters is 1. The van der Waals surface area contributed by atoms with E-state index in [1.807, 2.05) is 0 Å². The van der Waals surface area contributed by atoms with Gasteiger partial charge in [-0.05, 0) is 30.5 Å². The van der Waals surface area contributed by atoms with Crippen molar-refractivity contribution in [2.45, 2.75) is 13.0 Å². The summed E-state index contributed by atoms with van der Waals surface area (Å²) >= 11 is 1.24. The molecule has 2 rings (SSSR count). The number of thiophene rings is 1. The molecule has 136 valence electrons. The summed E-state index contributed by atoms with van der Waals surface area (Å²) in [5.41, 5.74) is 0.223. The first kappa shape index (κ1) is 19.1. The molecule has 0 aliphatic heterocycles. The first-order valence-corrected chi connectivity index (χ1v) is 8.30. The first-order chi connectivity index (χ1) is 12.4. The van der Waals surface area contributed by atoms with Gasteiger partial charge >= 0.3 is 5.97 Å². The molecule has 0 radical (unpaired) electrons. The zero-order valence-electron chi connectivity index (χ0n) is 13.6. The Bertz CT molecular complexity index is 804. The number of amides is 2. The molecule has 1 aromatic carbocycles. The van der Waals surface area contributed by atoms with E-state index in [9.17, 15) is 24.5 Å². The van der Waals surface area contributed by atoms with Gasteiger partial charge in [-0.15, -0.1) is 11.3 Å². The molecule has 0 aliphatic rings. The highest BCUT2D eigenvalue weighted by atomic mass is 32.1. The smallest absolute Gasteiger partial charge is 0.328 e. The number of nitro benzene ring substituents is 1. The molecule has 0 spiro atoms. The molecule has 0 aliphatic carbocycles. The van der Waals surface area contributed by atoms with Gasteiger partial charge in [0.05, 0.1) is 9.80 Å².